The van der Waals surface area contributed by atoms with Gasteiger partial charge in [-0.15, -0.1) is 0 Å². The SMILES string of the molecule is O=C(c1ccccc1-c1ncn[nH]1)N1CCCCCCC1. The molecule has 2 heterocycles. The second kappa shape index (κ2) is 6.52. The van der Waals surface area contributed by atoms with Crippen molar-refractivity contribution in [3.05, 3.63) is 36.2 Å². The average molecular weight is 284 g/mol. The zero-order valence-corrected chi connectivity index (χ0v) is 12.1. The number of amides is 1. The molecule has 1 N–H and O–H groups in total. The van der Waals surface area contributed by atoms with Crippen LogP contribution in [-0.2, 0) is 0 Å². The average Bonchev–Trinajstić information content (AvgIpc) is 3.00. The van der Waals surface area contributed by atoms with Crippen LogP contribution in [0.3, 0.4) is 0 Å². The Kier molecular flexibility index (Phi) is 4.28. The Morgan fingerprint density at radius 2 is 1.76 bits per heavy atom. The van der Waals surface area contributed by atoms with Crippen molar-refractivity contribution in [2.75, 3.05) is 13.1 Å². The molecule has 0 bridgehead atoms. The van der Waals surface area contributed by atoms with E-state index in [0.717, 1.165) is 31.5 Å². The zero-order chi connectivity index (χ0) is 14.5. The molecule has 5 nitrogen and oxygen atoms in total. The highest BCUT2D eigenvalue weighted by Gasteiger charge is 2.20. The van der Waals surface area contributed by atoms with Gasteiger partial charge in [-0.25, -0.2) is 4.98 Å². The third kappa shape index (κ3) is 3.12. The van der Waals surface area contributed by atoms with Crippen LogP contribution < -0.4 is 0 Å². The normalized spacial score (nSPS) is 16.3. The largest absolute Gasteiger partial charge is 0.339 e. The number of aromatic amines is 1. The van der Waals surface area contributed by atoms with Crippen molar-refractivity contribution in [2.24, 2.45) is 0 Å². The number of carbonyl (C=O) groups is 1. The predicted octanol–water partition coefficient (Wildman–Crippen LogP) is 2.88. The molecule has 1 aliphatic rings. The summed E-state index contributed by atoms with van der Waals surface area (Å²) in [6.45, 7) is 1.70. The van der Waals surface area contributed by atoms with Gasteiger partial charge < -0.3 is 4.90 Å². The third-order valence-corrected chi connectivity index (χ3v) is 3.97. The molecule has 1 aromatic heterocycles. The minimum absolute atomic E-state index is 0.101. The van der Waals surface area contributed by atoms with E-state index >= 15 is 0 Å². The van der Waals surface area contributed by atoms with Gasteiger partial charge in [0, 0.05) is 18.7 Å². The number of aromatic nitrogens is 3. The van der Waals surface area contributed by atoms with Crippen LogP contribution in [0, 0.1) is 0 Å². The maximum Gasteiger partial charge on any atom is 0.254 e. The summed E-state index contributed by atoms with van der Waals surface area (Å²) in [4.78, 5) is 19.0. The van der Waals surface area contributed by atoms with E-state index in [1.807, 2.05) is 29.2 Å². The van der Waals surface area contributed by atoms with Crippen molar-refractivity contribution >= 4 is 5.91 Å². The lowest BCUT2D eigenvalue weighted by Gasteiger charge is -2.25. The molecule has 5 heteroatoms. The van der Waals surface area contributed by atoms with Gasteiger partial charge in [0.1, 0.15) is 6.33 Å². The summed E-state index contributed by atoms with van der Waals surface area (Å²) in [6, 6.07) is 7.61. The molecule has 1 saturated heterocycles. The first-order chi connectivity index (χ1) is 10.4. The van der Waals surface area contributed by atoms with E-state index in [2.05, 4.69) is 15.2 Å². The van der Waals surface area contributed by atoms with Crippen molar-refractivity contribution in [3.8, 4) is 11.4 Å². The highest BCUT2D eigenvalue weighted by Crippen LogP contribution is 2.22. The summed E-state index contributed by atoms with van der Waals surface area (Å²) < 4.78 is 0. The summed E-state index contributed by atoms with van der Waals surface area (Å²) in [5, 5.41) is 6.72. The summed E-state index contributed by atoms with van der Waals surface area (Å²) in [5.74, 6) is 0.745. The van der Waals surface area contributed by atoms with Gasteiger partial charge in [0.05, 0.1) is 5.56 Å². The molecule has 1 aliphatic heterocycles. The van der Waals surface area contributed by atoms with Gasteiger partial charge in [-0.3, -0.25) is 9.89 Å². The quantitative estimate of drug-likeness (QED) is 0.922. The van der Waals surface area contributed by atoms with Gasteiger partial charge in [0.25, 0.3) is 5.91 Å². The number of nitrogens with zero attached hydrogens (tertiary/aromatic N) is 3. The molecule has 0 radical (unpaired) electrons. The number of hydrogen-bond donors (Lipinski definition) is 1. The standard InChI is InChI=1S/C16H20N4O/c21-16(20-10-6-2-1-3-7-11-20)14-9-5-4-8-13(14)15-17-12-18-19-15/h4-5,8-9,12H,1-3,6-7,10-11H2,(H,17,18,19). The van der Waals surface area contributed by atoms with Crippen molar-refractivity contribution < 1.29 is 4.79 Å². The van der Waals surface area contributed by atoms with Crippen LogP contribution in [0.4, 0.5) is 0 Å². The van der Waals surface area contributed by atoms with E-state index in [0.29, 0.717) is 11.4 Å². The Bertz CT molecular complexity index is 586. The van der Waals surface area contributed by atoms with E-state index < -0.39 is 0 Å². The van der Waals surface area contributed by atoms with Crippen molar-refractivity contribution in [1.82, 2.24) is 20.1 Å². The predicted molar refractivity (Wildman–Crippen MR) is 80.8 cm³/mol. The topological polar surface area (TPSA) is 61.9 Å². The van der Waals surface area contributed by atoms with Crippen molar-refractivity contribution in [2.45, 2.75) is 32.1 Å². The van der Waals surface area contributed by atoms with Crippen LogP contribution in [0.2, 0.25) is 0 Å². The molecule has 0 unspecified atom stereocenters. The molecule has 0 saturated carbocycles. The fourth-order valence-electron chi connectivity index (χ4n) is 2.83. The minimum Gasteiger partial charge on any atom is -0.339 e. The molecule has 2 aromatic rings. The second-order valence-corrected chi connectivity index (χ2v) is 5.44. The smallest absolute Gasteiger partial charge is 0.254 e. The van der Waals surface area contributed by atoms with Crippen molar-refractivity contribution in [1.29, 1.82) is 0 Å². The molecule has 1 amide bonds. The fourth-order valence-corrected chi connectivity index (χ4v) is 2.83. The number of benzene rings is 1. The maximum atomic E-state index is 12.8. The van der Waals surface area contributed by atoms with E-state index in [4.69, 9.17) is 0 Å². The minimum atomic E-state index is 0.101. The summed E-state index contributed by atoms with van der Waals surface area (Å²) in [6.07, 6.45) is 7.37. The molecule has 1 aromatic carbocycles. The maximum absolute atomic E-state index is 12.8. The summed E-state index contributed by atoms with van der Waals surface area (Å²) in [7, 11) is 0. The van der Waals surface area contributed by atoms with E-state index in [1.165, 1.54) is 25.6 Å². The molecule has 0 spiro atoms. The molecule has 21 heavy (non-hydrogen) atoms. The van der Waals surface area contributed by atoms with Crippen LogP contribution in [0.1, 0.15) is 42.5 Å². The number of carbonyl (C=O) groups excluding carboxylic acids is 1. The molecule has 3 rings (SSSR count). The van der Waals surface area contributed by atoms with Gasteiger partial charge in [-0.1, -0.05) is 37.5 Å². The number of hydrogen-bond acceptors (Lipinski definition) is 3. The zero-order valence-electron chi connectivity index (χ0n) is 12.1. The van der Waals surface area contributed by atoms with E-state index in [1.54, 1.807) is 0 Å². The van der Waals surface area contributed by atoms with Gasteiger partial charge in [-0.2, -0.15) is 5.10 Å². The molecule has 110 valence electrons. The third-order valence-electron chi connectivity index (χ3n) is 3.97. The van der Waals surface area contributed by atoms with Gasteiger partial charge >= 0.3 is 0 Å². The molecule has 0 aliphatic carbocycles. The van der Waals surface area contributed by atoms with Gasteiger partial charge in [0.2, 0.25) is 0 Å². The number of H-pyrrole nitrogens is 1. The molecule has 0 atom stereocenters. The lowest BCUT2D eigenvalue weighted by Crippen LogP contribution is -2.34. The van der Waals surface area contributed by atoms with Crippen LogP contribution in [0.25, 0.3) is 11.4 Å². The fraction of sp³-hybridized carbons (Fsp3) is 0.438. The highest BCUT2D eigenvalue weighted by molar-refractivity contribution is 6.00. The van der Waals surface area contributed by atoms with Crippen LogP contribution in [0.5, 0.6) is 0 Å². The Morgan fingerprint density at radius 1 is 1.05 bits per heavy atom. The first-order valence-corrected chi connectivity index (χ1v) is 7.60. The van der Waals surface area contributed by atoms with Gasteiger partial charge in [0.15, 0.2) is 5.82 Å². The summed E-state index contributed by atoms with van der Waals surface area (Å²) in [5.41, 5.74) is 1.52. The van der Waals surface area contributed by atoms with Crippen LogP contribution >= 0.6 is 0 Å². The number of nitrogens with one attached hydrogen (secondary N) is 1. The Balaban J connectivity index is 1.87. The first kappa shape index (κ1) is 13.8. The van der Waals surface area contributed by atoms with Crippen molar-refractivity contribution in [3.63, 3.8) is 0 Å². The van der Waals surface area contributed by atoms with Crippen LogP contribution in [-0.4, -0.2) is 39.1 Å². The van der Waals surface area contributed by atoms with E-state index in [9.17, 15) is 4.79 Å². The highest BCUT2D eigenvalue weighted by atomic mass is 16.2. The lowest BCUT2D eigenvalue weighted by atomic mass is 10.0. The van der Waals surface area contributed by atoms with Crippen LogP contribution in [0.15, 0.2) is 30.6 Å². The lowest BCUT2D eigenvalue weighted by molar-refractivity contribution is 0.0743. The Labute approximate surface area is 124 Å². The Hall–Kier alpha value is -2.17. The summed E-state index contributed by atoms with van der Waals surface area (Å²) >= 11 is 0. The molecule has 1 fully saturated rings. The Morgan fingerprint density at radius 3 is 2.48 bits per heavy atom. The number of likely N-dealkylation sites (tertiary alicyclic amines) is 1. The monoisotopic (exact) mass is 284 g/mol. The molecular weight excluding hydrogens is 264 g/mol. The second-order valence-electron chi connectivity index (χ2n) is 5.44. The van der Waals surface area contributed by atoms with E-state index in [-0.39, 0.29) is 5.91 Å². The number of rotatable bonds is 2. The first-order valence-electron chi connectivity index (χ1n) is 7.60. The molecular formula is C16H20N4O. The van der Waals surface area contributed by atoms with Gasteiger partial charge in [-0.05, 0) is 18.9 Å².